The van der Waals surface area contributed by atoms with Gasteiger partial charge in [0, 0.05) is 45.4 Å². The first-order valence-electron chi connectivity index (χ1n) is 11.3. The number of hydrogen-bond donors (Lipinski definition) is 1. The van der Waals surface area contributed by atoms with E-state index in [1.165, 1.54) is 0 Å². The molecule has 0 spiro atoms. The Morgan fingerprint density at radius 3 is 2.52 bits per heavy atom. The largest absolute Gasteiger partial charge is 0.445 e. The molecule has 1 fully saturated rings. The van der Waals surface area contributed by atoms with Crippen molar-refractivity contribution in [3.05, 3.63) is 35.9 Å². The number of nitrogens with one attached hydrogen (secondary N) is 1. The highest BCUT2D eigenvalue weighted by molar-refractivity contribution is 5.88. The molecule has 1 aliphatic heterocycles. The van der Waals surface area contributed by atoms with Crippen LogP contribution in [0.5, 0.6) is 0 Å². The van der Waals surface area contributed by atoms with Gasteiger partial charge in [0.05, 0.1) is 0 Å². The first kappa shape index (κ1) is 26.6. The van der Waals surface area contributed by atoms with Crippen molar-refractivity contribution in [1.29, 1.82) is 0 Å². The monoisotopic (exact) mass is 463 g/mol. The summed E-state index contributed by atoms with van der Waals surface area (Å²) in [7, 11) is 3.16. The van der Waals surface area contributed by atoms with Crippen LogP contribution in [0.15, 0.2) is 35.4 Å². The summed E-state index contributed by atoms with van der Waals surface area (Å²) in [5.74, 6) is -0.0210. The van der Waals surface area contributed by atoms with Crippen molar-refractivity contribution in [2.24, 2.45) is 11.0 Å². The number of methoxy groups -OCH3 is 2. The quantitative estimate of drug-likeness (QED) is 0.333. The molecule has 0 aromatic heterocycles. The van der Waals surface area contributed by atoms with Gasteiger partial charge in [-0.2, -0.15) is 5.10 Å². The minimum absolute atomic E-state index is 0.0210. The van der Waals surface area contributed by atoms with Crippen molar-refractivity contribution in [3.63, 3.8) is 0 Å². The fraction of sp³-hybridized carbons (Fsp3) is 0.625. The van der Waals surface area contributed by atoms with Gasteiger partial charge < -0.3 is 23.8 Å². The zero-order valence-electron chi connectivity index (χ0n) is 20.3. The van der Waals surface area contributed by atoms with E-state index in [4.69, 9.17) is 18.9 Å². The standard InChI is InChI=1S/C24H37N3O6/c1-24(2,3)33-22(28)26-25-20(13-14-21(30-4)31-5)19-12-9-15-27(16-19)23(29)32-17-18-10-7-6-8-11-18/h6-8,10-11,19,21H,9,12-17H2,1-5H3,(H,26,28). The highest BCUT2D eigenvalue weighted by Crippen LogP contribution is 2.22. The van der Waals surface area contributed by atoms with Crippen molar-refractivity contribution in [3.8, 4) is 0 Å². The first-order valence-corrected chi connectivity index (χ1v) is 11.3. The van der Waals surface area contributed by atoms with Crippen LogP contribution in [-0.2, 0) is 25.6 Å². The predicted octanol–water partition coefficient (Wildman–Crippen LogP) is 4.32. The predicted molar refractivity (Wildman–Crippen MR) is 125 cm³/mol. The molecular formula is C24H37N3O6. The Bertz CT molecular complexity index is 774. The van der Waals surface area contributed by atoms with Gasteiger partial charge in [-0.15, -0.1) is 0 Å². The summed E-state index contributed by atoms with van der Waals surface area (Å²) in [5, 5.41) is 4.36. The van der Waals surface area contributed by atoms with E-state index in [1.807, 2.05) is 30.3 Å². The van der Waals surface area contributed by atoms with Crippen LogP contribution in [0.2, 0.25) is 0 Å². The molecule has 9 heteroatoms. The molecule has 1 N–H and O–H groups in total. The Morgan fingerprint density at radius 2 is 1.88 bits per heavy atom. The van der Waals surface area contributed by atoms with E-state index in [1.54, 1.807) is 39.9 Å². The Kier molecular flexibility index (Phi) is 10.6. The molecule has 1 heterocycles. The highest BCUT2D eigenvalue weighted by atomic mass is 16.7. The van der Waals surface area contributed by atoms with Crippen molar-refractivity contribution >= 4 is 17.9 Å². The fourth-order valence-electron chi connectivity index (χ4n) is 3.59. The zero-order valence-corrected chi connectivity index (χ0v) is 20.3. The third kappa shape index (κ3) is 9.79. The van der Waals surface area contributed by atoms with Crippen LogP contribution < -0.4 is 5.43 Å². The molecule has 1 aliphatic rings. The molecule has 0 bridgehead atoms. The van der Waals surface area contributed by atoms with Crippen LogP contribution in [0.25, 0.3) is 0 Å². The van der Waals surface area contributed by atoms with Crippen LogP contribution in [0.1, 0.15) is 52.0 Å². The second-order valence-corrected chi connectivity index (χ2v) is 8.98. The van der Waals surface area contributed by atoms with Crippen molar-refractivity contribution < 1.29 is 28.5 Å². The second-order valence-electron chi connectivity index (χ2n) is 8.98. The summed E-state index contributed by atoms with van der Waals surface area (Å²) in [6.45, 7) is 6.69. The van der Waals surface area contributed by atoms with Crippen molar-refractivity contribution in [2.75, 3.05) is 27.3 Å². The van der Waals surface area contributed by atoms with Crippen molar-refractivity contribution in [1.82, 2.24) is 10.3 Å². The third-order valence-corrected chi connectivity index (χ3v) is 5.21. The SMILES string of the molecule is COC(CCC(=NNC(=O)OC(C)(C)C)C1CCCN(C(=O)OCc2ccccc2)C1)OC. The number of benzene rings is 1. The van der Waals surface area contributed by atoms with Gasteiger partial charge >= 0.3 is 12.2 Å². The summed E-state index contributed by atoms with van der Waals surface area (Å²) in [5.41, 5.74) is 3.58. The van der Waals surface area contributed by atoms with Gasteiger partial charge in [-0.1, -0.05) is 30.3 Å². The van der Waals surface area contributed by atoms with E-state index in [0.29, 0.717) is 25.9 Å². The van der Waals surface area contributed by atoms with E-state index in [-0.39, 0.29) is 24.9 Å². The number of piperidine rings is 1. The number of carbonyl (C=O) groups is 2. The molecule has 2 rings (SSSR count). The summed E-state index contributed by atoms with van der Waals surface area (Å²) < 4.78 is 21.4. The maximum absolute atomic E-state index is 12.7. The van der Waals surface area contributed by atoms with Gasteiger partial charge in [0.25, 0.3) is 0 Å². The normalized spacial score (nSPS) is 17.1. The highest BCUT2D eigenvalue weighted by Gasteiger charge is 2.29. The topological polar surface area (TPSA) is 98.7 Å². The molecule has 1 atom stereocenters. The van der Waals surface area contributed by atoms with E-state index in [0.717, 1.165) is 24.1 Å². The molecule has 2 amide bonds. The minimum atomic E-state index is -0.624. The fourth-order valence-corrected chi connectivity index (χ4v) is 3.59. The molecule has 1 aromatic rings. The molecule has 1 aromatic carbocycles. The number of likely N-dealkylation sites (tertiary alicyclic amines) is 1. The third-order valence-electron chi connectivity index (χ3n) is 5.21. The summed E-state index contributed by atoms with van der Waals surface area (Å²) in [6, 6.07) is 9.58. The molecule has 9 nitrogen and oxygen atoms in total. The molecule has 1 saturated heterocycles. The Labute approximate surface area is 196 Å². The number of rotatable bonds is 9. The lowest BCUT2D eigenvalue weighted by molar-refractivity contribution is -0.105. The Morgan fingerprint density at radius 1 is 1.18 bits per heavy atom. The number of amides is 2. The van der Waals surface area contributed by atoms with E-state index in [9.17, 15) is 9.59 Å². The minimum Gasteiger partial charge on any atom is -0.445 e. The number of carbonyl (C=O) groups excluding carboxylic acids is 2. The number of ether oxygens (including phenoxy) is 4. The average Bonchev–Trinajstić information content (AvgIpc) is 2.79. The van der Waals surface area contributed by atoms with Crippen molar-refractivity contribution in [2.45, 2.75) is 65.0 Å². The van der Waals surface area contributed by atoms with Crippen LogP contribution in [-0.4, -0.2) is 62.0 Å². The lowest BCUT2D eigenvalue weighted by Crippen LogP contribution is -2.43. The number of hydrazone groups is 1. The van der Waals surface area contributed by atoms with E-state index in [2.05, 4.69) is 10.5 Å². The molecular weight excluding hydrogens is 426 g/mol. The van der Waals surface area contributed by atoms with Crippen LogP contribution in [0.4, 0.5) is 9.59 Å². The van der Waals surface area contributed by atoms with Crippen LogP contribution in [0, 0.1) is 5.92 Å². The zero-order chi connectivity index (χ0) is 24.3. The van der Waals surface area contributed by atoms with Crippen LogP contribution >= 0.6 is 0 Å². The smallest absolute Gasteiger partial charge is 0.428 e. The van der Waals surface area contributed by atoms with Gasteiger partial charge in [-0.25, -0.2) is 15.0 Å². The molecule has 1 unspecified atom stereocenters. The summed E-state index contributed by atoms with van der Waals surface area (Å²) in [4.78, 5) is 26.5. The summed E-state index contributed by atoms with van der Waals surface area (Å²) >= 11 is 0. The maximum atomic E-state index is 12.7. The lowest BCUT2D eigenvalue weighted by atomic mass is 9.91. The van der Waals surface area contributed by atoms with Gasteiger partial charge in [-0.05, 0) is 45.6 Å². The van der Waals surface area contributed by atoms with E-state index >= 15 is 0 Å². The van der Waals surface area contributed by atoms with Gasteiger partial charge in [0.2, 0.25) is 0 Å². The average molecular weight is 464 g/mol. The number of hydrogen-bond acceptors (Lipinski definition) is 7. The summed E-state index contributed by atoms with van der Waals surface area (Å²) in [6.07, 6.45) is 1.42. The second kappa shape index (κ2) is 13.2. The Balaban J connectivity index is 2.03. The Hall–Kier alpha value is -2.65. The number of nitrogens with zero attached hydrogens (tertiary/aromatic N) is 2. The van der Waals surface area contributed by atoms with Gasteiger partial charge in [-0.3, -0.25) is 0 Å². The van der Waals surface area contributed by atoms with Crippen LogP contribution in [0.3, 0.4) is 0 Å². The molecule has 33 heavy (non-hydrogen) atoms. The van der Waals surface area contributed by atoms with Gasteiger partial charge in [0.15, 0.2) is 6.29 Å². The molecule has 0 radical (unpaired) electrons. The maximum Gasteiger partial charge on any atom is 0.428 e. The molecule has 184 valence electrons. The van der Waals surface area contributed by atoms with Gasteiger partial charge in [0.1, 0.15) is 12.2 Å². The first-order chi connectivity index (χ1) is 15.7. The lowest BCUT2D eigenvalue weighted by Gasteiger charge is -2.33. The van der Waals surface area contributed by atoms with E-state index < -0.39 is 11.7 Å². The molecule has 0 saturated carbocycles. The molecule has 0 aliphatic carbocycles.